The average Bonchev–Trinajstić information content (AvgIpc) is 2.61. The summed E-state index contributed by atoms with van der Waals surface area (Å²) in [7, 11) is 0. The van der Waals surface area contributed by atoms with Crippen molar-refractivity contribution >= 4 is 11.6 Å². The number of rotatable bonds is 5. The van der Waals surface area contributed by atoms with Crippen LogP contribution in [0.1, 0.15) is 38.4 Å². The molecule has 0 saturated carbocycles. The third-order valence-corrected chi connectivity index (χ3v) is 4.82. The van der Waals surface area contributed by atoms with E-state index in [2.05, 4.69) is 35.8 Å². The van der Waals surface area contributed by atoms with E-state index in [1.165, 1.54) is 0 Å². The van der Waals surface area contributed by atoms with Crippen LogP contribution in [-0.4, -0.2) is 27.7 Å². The van der Waals surface area contributed by atoms with Gasteiger partial charge in [-0.2, -0.15) is 0 Å². The van der Waals surface area contributed by atoms with Gasteiger partial charge < -0.3 is 0 Å². The van der Waals surface area contributed by atoms with Crippen molar-refractivity contribution in [3.05, 3.63) is 51.9 Å². The molecule has 0 saturated heterocycles. The number of hydrogen-bond acceptors (Lipinski definition) is 4. The highest BCUT2D eigenvalue weighted by molar-refractivity contribution is 5.58. The van der Waals surface area contributed by atoms with Gasteiger partial charge in [-0.15, -0.1) is 0 Å². The minimum atomic E-state index is 0.0974. The molecule has 0 radical (unpaired) electrons. The summed E-state index contributed by atoms with van der Waals surface area (Å²) in [5.41, 5.74) is 2.83. The summed E-state index contributed by atoms with van der Waals surface area (Å²) in [4.78, 5) is 22.3. The van der Waals surface area contributed by atoms with E-state index < -0.39 is 0 Å². The first-order valence-corrected chi connectivity index (χ1v) is 9.16. The molecule has 0 aliphatic carbocycles. The zero-order chi connectivity index (χ0) is 18.0. The van der Waals surface area contributed by atoms with E-state index in [0.29, 0.717) is 12.6 Å². The molecule has 2 aromatic rings. The Hall–Kier alpha value is -2.14. The highest BCUT2D eigenvalue weighted by Gasteiger charge is 2.27. The minimum absolute atomic E-state index is 0.0974. The first-order chi connectivity index (χ1) is 12.0. The van der Waals surface area contributed by atoms with Gasteiger partial charge in [-0.3, -0.25) is 19.2 Å². The van der Waals surface area contributed by atoms with E-state index in [9.17, 15) is 4.79 Å². The van der Waals surface area contributed by atoms with Gasteiger partial charge in [0.25, 0.3) is 5.56 Å². The van der Waals surface area contributed by atoms with Crippen LogP contribution in [0, 0.1) is 12.8 Å². The van der Waals surface area contributed by atoms with Crippen LogP contribution in [0.5, 0.6) is 0 Å². The van der Waals surface area contributed by atoms with Crippen LogP contribution in [0.15, 0.2) is 35.1 Å². The maximum atomic E-state index is 13.0. The maximum Gasteiger partial charge on any atom is 0.259 e. The number of nitrogens with zero attached hydrogens (tertiary/aromatic N) is 4. The summed E-state index contributed by atoms with van der Waals surface area (Å²) in [6.45, 7) is 10.8. The Balaban J connectivity index is 2.06. The predicted octanol–water partition coefficient (Wildman–Crippen LogP) is 3.53. The molecule has 25 heavy (non-hydrogen) atoms. The normalized spacial score (nSPS) is 14.8. The Morgan fingerprint density at radius 3 is 2.52 bits per heavy atom. The van der Waals surface area contributed by atoms with Crippen LogP contribution < -0.4 is 10.5 Å². The largest absolute Gasteiger partial charge is 0.298 e. The van der Waals surface area contributed by atoms with E-state index in [4.69, 9.17) is 4.98 Å². The Bertz CT molecular complexity index is 782. The van der Waals surface area contributed by atoms with Gasteiger partial charge >= 0.3 is 0 Å². The summed E-state index contributed by atoms with van der Waals surface area (Å²) < 4.78 is 1.84. The number of aryl methyl sites for hydroxylation is 1. The summed E-state index contributed by atoms with van der Waals surface area (Å²) >= 11 is 0. The van der Waals surface area contributed by atoms with E-state index in [-0.39, 0.29) is 5.56 Å². The Kier molecular flexibility index (Phi) is 5.23. The third kappa shape index (κ3) is 3.61. The Morgan fingerprint density at radius 1 is 1.16 bits per heavy atom. The van der Waals surface area contributed by atoms with Crippen LogP contribution in [0.4, 0.5) is 11.6 Å². The van der Waals surface area contributed by atoms with Crippen molar-refractivity contribution in [1.82, 2.24) is 14.5 Å². The number of anilines is 2. The van der Waals surface area contributed by atoms with Crippen molar-refractivity contribution in [3.63, 3.8) is 0 Å². The van der Waals surface area contributed by atoms with Gasteiger partial charge in [0.15, 0.2) is 0 Å². The molecule has 0 spiro atoms. The van der Waals surface area contributed by atoms with Crippen molar-refractivity contribution in [2.24, 2.45) is 5.92 Å². The predicted molar refractivity (Wildman–Crippen MR) is 102 cm³/mol. The lowest BCUT2D eigenvalue weighted by Gasteiger charge is -2.38. The van der Waals surface area contributed by atoms with Crippen LogP contribution in [0.3, 0.4) is 0 Å². The maximum absolute atomic E-state index is 13.0. The van der Waals surface area contributed by atoms with E-state index in [1.807, 2.05) is 36.6 Å². The number of hydrogen-bond donors (Lipinski definition) is 0. The SMILES string of the molecule is CCc1c(C)nc2n(c1=O)CN(CCC(C)C)CN2c1ccccc1. The lowest BCUT2D eigenvalue weighted by molar-refractivity contribution is 0.188. The second kappa shape index (κ2) is 7.40. The van der Waals surface area contributed by atoms with Crippen molar-refractivity contribution in [2.45, 2.75) is 47.2 Å². The summed E-state index contributed by atoms with van der Waals surface area (Å²) in [6, 6.07) is 10.2. The van der Waals surface area contributed by atoms with Gasteiger partial charge in [0.2, 0.25) is 5.95 Å². The molecule has 1 aliphatic heterocycles. The molecule has 0 atom stereocenters. The van der Waals surface area contributed by atoms with Gasteiger partial charge in [-0.1, -0.05) is 39.0 Å². The minimum Gasteiger partial charge on any atom is -0.298 e. The number of benzene rings is 1. The number of fused-ring (bicyclic) bond motifs is 1. The lowest BCUT2D eigenvalue weighted by atomic mass is 10.1. The fraction of sp³-hybridized carbons (Fsp3) is 0.500. The molecule has 2 heterocycles. The van der Waals surface area contributed by atoms with Gasteiger partial charge in [0.1, 0.15) is 0 Å². The molecule has 0 amide bonds. The molecule has 5 heteroatoms. The Labute approximate surface area is 149 Å². The average molecular weight is 340 g/mol. The lowest BCUT2D eigenvalue weighted by Crippen LogP contribution is -2.48. The summed E-state index contributed by atoms with van der Waals surface area (Å²) in [5.74, 6) is 1.40. The first-order valence-electron chi connectivity index (χ1n) is 9.16. The number of aromatic nitrogens is 2. The molecule has 3 rings (SSSR count). The van der Waals surface area contributed by atoms with Gasteiger partial charge in [0, 0.05) is 23.5 Å². The standard InChI is InChI=1S/C20H28N4O/c1-5-18-16(4)21-20-23(17-9-7-6-8-10-17)13-22(12-11-15(2)3)14-24(20)19(18)25/h6-10,15H,5,11-14H2,1-4H3. The second-order valence-electron chi connectivity index (χ2n) is 7.19. The molecule has 0 unspecified atom stereocenters. The van der Waals surface area contributed by atoms with E-state index in [1.54, 1.807) is 0 Å². The van der Waals surface area contributed by atoms with Gasteiger partial charge in [-0.25, -0.2) is 4.98 Å². The topological polar surface area (TPSA) is 41.4 Å². The first kappa shape index (κ1) is 17.7. The molecule has 1 aliphatic rings. The number of para-hydroxylation sites is 1. The molecule has 0 N–H and O–H groups in total. The van der Waals surface area contributed by atoms with Crippen molar-refractivity contribution < 1.29 is 0 Å². The molecule has 0 bridgehead atoms. The molecular weight excluding hydrogens is 312 g/mol. The van der Waals surface area contributed by atoms with E-state index >= 15 is 0 Å². The van der Waals surface area contributed by atoms with Crippen molar-refractivity contribution in [1.29, 1.82) is 0 Å². The van der Waals surface area contributed by atoms with Crippen LogP contribution >= 0.6 is 0 Å². The molecule has 1 aromatic heterocycles. The fourth-order valence-electron chi connectivity index (χ4n) is 3.32. The highest BCUT2D eigenvalue weighted by atomic mass is 16.1. The van der Waals surface area contributed by atoms with E-state index in [0.717, 1.165) is 48.9 Å². The van der Waals surface area contributed by atoms with Crippen LogP contribution in [-0.2, 0) is 13.1 Å². The van der Waals surface area contributed by atoms with Crippen LogP contribution in [0.2, 0.25) is 0 Å². The molecular formula is C20H28N4O. The van der Waals surface area contributed by atoms with Crippen molar-refractivity contribution in [2.75, 3.05) is 18.1 Å². The van der Waals surface area contributed by atoms with Crippen LogP contribution in [0.25, 0.3) is 0 Å². The van der Waals surface area contributed by atoms with Gasteiger partial charge in [0.05, 0.1) is 13.3 Å². The molecule has 1 aromatic carbocycles. The van der Waals surface area contributed by atoms with Gasteiger partial charge in [-0.05, 0) is 37.8 Å². The third-order valence-electron chi connectivity index (χ3n) is 4.82. The molecule has 134 valence electrons. The van der Waals surface area contributed by atoms with Crippen molar-refractivity contribution in [3.8, 4) is 0 Å². The monoisotopic (exact) mass is 340 g/mol. The fourth-order valence-corrected chi connectivity index (χ4v) is 3.32. The zero-order valence-corrected chi connectivity index (χ0v) is 15.7. The second-order valence-corrected chi connectivity index (χ2v) is 7.19. The molecule has 5 nitrogen and oxygen atoms in total. The quantitative estimate of drug-likeness (QED) is 0.835. The Morgan fingerprint density at radius 2 is 1.88 bits per heavy atom. The summed E-state index contributed by atoms with van der Waals surface area (Å²) in [5, 5.41) is 0. The smallest absolute Gasteiger partial charge is 0.259 e. The zero-order valence-electron chi connectivity index (χ0n) is 15.7. The summed E-state index contributed by atoms with van der Waals surface area (Å²) in [6.07, 6.45) is 1.84. The molecule has 0 fully saturated rings. The highest BCUT2D eigenvalue weighted by Crippen LogP contribution is 2.27.